The van der Waals surface area contributed by atoms with Crippen LogP contribution in [0.15, 0.2) is 91.1 Å². The van der Waals surface area contributed by atoms with Gasteiger partial charge in [0.15, 0.2) is 5.78 Å². The molecule has 4 aromatic rings. The van der Waals surface area contributed by atoms with Gasteiger partial charge in [-0.2, -0.15) is 0 Å². The number of piperidine rings is 1. The standard InChI is InChI=1S/C30H27FN2O2/c31-23-15-16-24(17-18-28(34)27-14-6-10-22-11-7-19-32-29(22)27)33(20-23)30(35)26-13-5-4-12-25(26)21-8-2-1-3-9-21/h1-14,19,23-24H,15-18,20H2. The number of alkyl halides is 1. The van der Waals surface area contributed by atoms with Crippen LogP contribution >= 0.6 is 0 Å². The number of likely N-dealkylation sites (tertiary alicyclic amines) is 1. The Balaban J connectivity index is 1.37. The smallest absolute Gasteiger partial charge is 0.254 e. The summed E-state index contributed by atoms with van der Waals surface area (Å²) in [4.78, 5) is 32.9. The number of aromatic nitrogens is 1. The van der Waals surface area contributed by atoms with Gasteiger partial charge in [0.05, 0.1) is 12.1 Å². The van der Waals surface area contributed by atoms with Gasteiger partial charge in [0.1, 0.15) is 6.17 Å². The van der Waals surface area contributed by atoms with Crippen LogP contribution in [0.3, 0.4) is 0 Å². The van der Waals surface area contributed by atoms with Gasteiger partial charge in [-0.15, -0.1) is 0 Å². The summed E-state index contributed by atoms with van der Waals surface area (Å²) in [5.74, 6) is -0.190. The van der Waals surface area contributed by atoms with Crippen molar-refractivity contribution in [3.05, 3.63) is 102 Å². The molecule has 5 rings (SSSR count). The number of ketones is 1. The molecule has 1 aliphatic rings. The average Bonchev–Trinajstić information content (AvgIpc) is 2.92. The first-order valence-electron chi connectivity index (χ1n) is 12.1. The normalized spacial score (nSPS) is 17.9. The minimum Gasteiger partial charge on any atom is -0.333 e. The second-order valence-electron chi connectivity index (χ2n) is 9.04. The molecule has 0 aliphatic carbocycles. The van der Waals surface area contributed by atoms with E-state index in [0.717, 1.165) is 16.5 Å². The largest absolute Gasteiger partial charge is 0.333 e. The first-order valence-corrected chi connectivity index (χ1v) is 12.1. The second kappa shape index (κ2) is 10.2. The topological polar surface area (TPSA) is 50.3 Å². The number of halogens is 1. The Morgan fingerprint density at radius 3 is 2.46 bits per heavy atom. The lowest BCUT2D eigenvalue weighted by atomic mass is 9.92. The number of benzene rings is 3. The minimum absolute atomic E-state index is 0.00578. The third-order valence-electron chi connectivity index (χ3n) is 6.79. The molecule has 2 unspecified atom stereocenters. The van der Waals surface area contributed by atoms with E-state index in [4.69, 9.17) is 0 Å². The summed E-state index contributed by atoms with van der Waals surface area (Å²) < 4.78 is 14.5. The van der Waals surface area contributed by atoms with Gasteiger partial charge in [0, 0.05) is 35.2 Å². The van der Waals surface area contributed by atoms with Crippen LogP contribution in [0.4, 0.5) is 4.39 Å². The van der Waals surface area contributed by atoms with Crippen LogP contribution in [-0.4, -0.2) is 40.3 Å². The highest BCUT2D eigenvalue weighted by Crippen LogP contribution is 2.30. The molecule has 0 saturated carbocycles. The molecular weight excluding hydrogens is 439 g/mol. The molecule has 35 heavy (non-hydrogen) atoms. The fourth-order valence-corrected chi connectivity index (χ4v) is 4.99. The van der Waals surface area contributed by atoms with Crippen molar-refractivity contribution in [3.8, 4) is 11.1 Å². The van der Waals surface area contributed by atoms with Gasteiger partial charge in [-0.05, 0) is 48.6 Å². The fraction of sp³-hybridized carbons (Fsp3) is 0.233. The summed E-state index contributed by atoms with van der Waals surface area (Å²) >= 11 is 0. The summed E-state index contributed by atoms with van der Waals surface area (Å²) in [6.07, 6.45) is 2.35. The molecule has 0 bridgehead atoms. The molecule has 5 heteroatoms. The summed E-state index contributed by atoms with van der Waals surface area (Å²) in [5.41, 5.74) is 3.62. The number of nitrogens with zero attached hydrogens (tertiary/aromatic N) is 2. The van der Waals surface area contributed by atoms with Crippen LogP contribution in [0.25, 0.3) is 22.0 Å². The maximum absolute atomic E-state index is 14.5. The van der Waals surface area contributed by atoms with Crippen LogP contribution in [0, 0.1) is 0 Å². The van der Waals surface area contributed by atoms with Crippen LogP contribution in [0.5, 0.6) is 0 Å². The Hall–Kier alpha value is -3.86. The Labute approximate surface area is 204 Å². The molecule has 3 aromatic carbocycles. The van der Waals surface area contributed by atoms with Crippen LogP contribution in [0.1, 0.15) is 46.4 Å². The predicted octanol–water partition coefficient (Wildman–Crippen LogP) is 6.51. The highest BCUT2D eigenvalue weighted by molar-refractivity contribution is 6.06. The van der Waals surface area contributed by atoms with E-state index in [2.05, 4.69) is 4.98 Å². The van der Waals surface area contributed by atoms with Gasteiger partial charge in [-0.3, -0.25) is 14.6 Å². The number of fused-ring (bicyclic) bond motifs is 1. The van der Waals surface area contributed by atoms with E-state index in [0.29, 0.717) is 35.9 Å². The molecule has 176 valence electrons. The van der Waals surface area contributed by atoms with Gasteiger partial charge in [0.2, 0.25) is 0 Å². The fourth-order valence-electron chi connectivity index (χ4n) is 4.99. The molecule has 2 atom stereocenters. The number of carbonyl (C=O) groups excluding carboxylic acids is 2. The maximum Gasteiger partial charge on any atom is 0.254 e. The quantitative estimate of drug-likeness (QED) is 0.305. The van der Waals surface area contributed by atoms with Crippen molar-refractivity contribution in [1.29, 1.82) is 0 Å². The number of hydrogen-bond acceptors (Lipinski definition) is 3. The maximum atomic E-state index is 14.5. The SMILES string of the molecule is O=C(CCC1CCC(F)CN1C(=O)c1ccccc1-c1ccccc1)c1cccc2cccnc12. The number of pyridine rings is 1. The molecule has 1 aliphatic heterocycles. The van der Waals surface area contributed by atoms with Crippen molar-refractivity contribution < 1.29 is 14.0 Å². The number of hydrogen-bond donors (Lipinski definition) is 0. The Kier molecular flexibility index (Phi) is 6.66. The number of para-hydroxylation sites is 1. The zero-order valence-corrected chi connectivity index (χ0v) is 19.4. The van der Waals surface area contributed by atoms with Crippen molar-refractivity contribution in [2.45, 2.75) is 37.9 Å². The summed E-state index contributed by atoms with van der Waals surface area (Å²) in [6, 6.07) is 26.4. The molecule has 0 radical (unpaired) electrons. The number of carbonyl (C=O) groups is 2. The van der Waals surface area contributed by atoms with E-state index in [-0.39, 0.29) is 30.7 Å². The van der Waals surface area contributed by atoms with E-state index >= 15 is 0 Å². The lowest BCUT2D eigenvalue weighted by molar-refractivity contribution is 0.0454. The lowest BCUT2D eigenvalue weighted by Crippen LogP contribution is -2.48. The molecule has 0 N–H and O–H groups in total. The second-order valence-corrected chi connectivity index (χ2v) is 9.04. The first kappa shape index (κ1) is 22.9. The Bertz CT molecular complexity index is 1350. The van der Waals surface area contributed by atoms with Gasteiger partial charge in [0.25, 0.3) is 5.91 Å². The molecule has 2 heterocycles. The monoisotopic (exact) mass is 466 g/mol. The van der Waals surface area contributed by atoms with Gasteiger partial charge in [-0.25, -0.2) is 4.39 Å². The molecule has 1 fully saturated rings. The summed E-state index contributed by atoms with van der Waals surface area (Å²) in [7, 11) is 0. The first-order chi connectivity index (χ1) is 17.1. The third kappa shape index (κ3) is 4.85. The van der Waals surface area contributed by atoms with E-state index in [1.54, 1.807) is 23.2 Å². The van der Waals surface area contributed by atoms with Crippen molar-refractivity contribution in [1.82, 2.24) is 9.88 Å². The Morgan fingerprint density at radius 2 is 1.60 bits per heavy atom. The van der Waals surface area contributed by atoms with Crippen molar-refractivity contribution >= 4 is 22.6 Å². The zero-order valence-electron chi connectivity index (χ0n) is 19.4. The van der Waals surface area contributed by atoms with Gasteiger partial charge < -0.3 is 4.90 Å². The van der Waals surface area contributed by atoms with E-state index in [1.165, 1.54) is 0 Å². The molecule has 1 aromatic heterocycles. The number of Topliss-reactive ketones (excluding diaryl/α,β-unsaturated/α-hetero) is 1. The van der Waals surface area contributed by atoms with E-state index in [1.807, 2.05) is 72.8 Å². The van der Waals surface area contributed by atoms with E-state index in [9.17, 15) is 14.0 Å². The third-order valence-corrected chi connectivity index (χ3v) is 6.79. The predicted molar refractivity (Wildman–Crippen MR) is 136 cm³/mol. The van der Waals surface area contributed by atoms with Crippen LogP contribution in [0.2, 0.25) is 0 Å². The van der Waals surface area contributed by atoms with Crippen molar-refractivity contribution in [2.24, 2.45) is 0 Å². The molecule has 4 nitrogen and oxygen atoms in total. The number of rotatable bonds is 6. The van der Waals surface area contributed by atoms with Gasteiger partial charge >= 0.3 is 0 Å². The number of amides is 1. The molecule has 1 amide bonds. The molecule has 0 spiro atoms. The molecule has 1 saturated heterocycles. The average molecular weight is 467 g/mol. The highest BCUT2D eigenvalue weighted by atomic mass is 19.1. The lowest BCUT2D eigenvalue weighted by Gasteiger charge is -2.37. The van der Waals surface area contributed by atoms with Gasteiger partial charge in [-0.1, -0.05) is 66.7 Å². The van der Waals surface area contributed by atoms with Crippen molar-refractivity contribution in [3.63, 3.8) is 0 Å². The van der Waals surface area contributed by atoms with Crippen molar-refractivity contribution in [2.75, 3.05) is 6.54 Å². The minimum atomic E-state index is -1.06. The van der Waals surface area contributed by atoms with Crippen LogP contribution < -0.4 is 0 Å². The molecular formula is C30H27FN2O2. The van der Waals surface area contributed by atoms with Crippen LogP contribution in [-0.2, 0) is 0 Å². The van der Waals surface area contributed by atoms with E-state index < -0.39 is 6.17 Å². The Morgan fingerprint density at radius 1 is 0.857 bits per heavy atom. The highest BCUT2D eigenvalue weighted by Gasteiger charge is 2.33. The zero-order chi connectivity index (χ0) is 24.2. The summed E-state index contributed by atoms with van der Waals surface area (Å²) in [6.45, 7) is 0.0522. The summed E-state index contributed by atoms with van der Waals surface area (Å²) in [5, 5.41) is 0.922.